The Balaban J connectivity index is 1.44. The maximum Gasteiger partial charge on any atom is 0.227 e. The largest absolute Gasteiger partial charge is 0.353 e. The molecule has 3 saturated heterocycles. The minimum atomic E-state index is -0.582. The van der Waals surface area contributed by atoms with Crippen LogP contribution >= 0.6 is 0 Å². The lowest BCUT2D eigenvalue weighted by atomic mass is 10.0. The van der Waals surface area contributed by atoms with Crippen molar-refractivity contribution >= 4 is 11.8 Å². The molecule has 3 heterocycles. The van der Waals surface area contributed by atoms with Crippen molar-refractivity contribution in [2.24, 2.45) is 0 Å². The molecule has 128 valence electrons. The highest BCUT2D eigenvalue weighted by Gasteiger charge is 2.61. The molecule has 0 bridgehead atoms. The molecule has 0 saturated carbocycles. The first-order valence-corrected chi connectivity index (χ1v) is 8.58. The second-order valence-corrected chi connectivity index (χ2v) is 6.78. The molecule has 6 heteroatoms. The number of rotatable bonds is 3. The van der Waals surface area contributed by atoms with E-state index in [2.05, 4.69) is 0 Å². The van der Waals surface area contributed by atoms with Crippen LogP contribution in [0.4, 0.5) is 4.39 Å². The highest BCUT2D eigenvalue weighted by molar-refractivity contribution is 5.84. The van der Waals surface area contributed by atoms with Crippen LogP contribution < -0.4 is 0 Å². The van der Waals surface area contributed by atoms with Gasteiger partial charge < -0.3 is 14.5 Å². The summed E-state index contributed by atoms with van der Waals surface area (Å²) < 4.78 is 19.0. The van der Waals surface area contributed by atoms with Crippen molar-refractivity contribution in [3.8, 4) is 0 Å². The third-order valence-corrected chi connectivity index (χ3v) is 5.47. The number of benzene rings is 1. The molecule has 1 spiro atoms. The average molecular weight is 332 g/mol. The van der Waals surface area contributed by atoms with Crippen LogP contribution in [0.2, 0.25) is 0 Å². The van der Waals surface area contributed by atoms with Crippen LogP contribution in [-0.2, 0) is 20.7 Å². The molecule has 0 aliphatic carbocycles. The predicted octanol–water partition coefficient (Wildman–Crippen LogP) is 1.71. The highest BCUT2D eigenvalue weighted by Crippen LogP contribution is 2.45. The summed E-state index contributed by atoms with van der Waals surface area (Å²) in [5.41, 5.74) is 0.359. The predicted molar refractivity (Wildman–Crippen MR) is 84.5 cm³/mol. The van der Waals surface area contributed by atoms with Gasteiger partial charge in [-0.1, -0.05) is 12.1 Å². The average Bonchev–Trinajstić information content (AvgIpc) is 3.06. The molecule has 3 aliphatic rings. The molecule has 24 heavy (non-hydrogen) atoms. The second-order valence-electron chi connectivity index (χ2n) is 6.78. The van der Waals surface area contributed by atoms with Gasteiger partial charge in [0.25, 0.3) is 0 Å². The first-order chi connectivity index (χ1) is 11.6. The summed E-state index contributed by atoms with van der Waals surface area (Å²) in [5, 5.41) is 0. The van der Waals surface area contributed by atoms with E-state index in [0.29, 0.717) is 38.8 Å². The summed E-state index contributed by atoms with van der Waals surface area (Å²) in [5.74, 6) is -0.133. The molecule has 5 nitrogen and oxygen atoms in total. The molecule has 4 rings (SSSR count). The molecule has 1 aromatic rings. The summed E-state index contributed by atoms with van der Waals surface area (Å²) in [6, 6.07) is 6.08. The summed E-state index contributed by atoms with van der Waals surface area (Å²) >= 11 is 0. The molecular formula is C18H21FN2O3. The van der Waals surface area contributed by atoms with Crippen LogP contribution in [0.1, 0.15) is 31.2 Å². The van der Waals surface area contributed by atoms with Gasteiger partial charge in [0.2, 0.25) is 11.8 Å². The van der Waals surface area contributed by atoms with Crippen molar-refractivity contribution in [3.63, 3.8) is 0 Å². The molecule has 1 aromatic carbocycles. The Kier molecular flexibility index (Phi) is 3.79. The fourth-order valence-corrected chi connectivity index (χ4v) is 4.29. The van der Waals surface area contributed by atoms with Gasteiger partial charge in [0, 0.05) is 25.9 Å². The fraction of sp³-hybridized carbons (Fsp3) is 0.556. The van der Waals surface area contributed by atoms with Crippen LogP contribution in [0.15, 0.2) is 24.3 Å². The zero-order valence-corrected chi connectivity index (χ0v) is 13.5. The second kappa shape index (κ2) is 5.84. The lowest BCUT2D eigenvalue weighted by Gasteiger charge is -2.42. The van der Waals surface area contributed by atoms with E-state index in [1.54, 1.807) is 12.1 Å². The first-order valence-electron chi connectivity index (χ1n) is 8.58. The van der Waals surface area contributed by atoms with Gasteiger partial charge in [0.15, 0.2) is 5.72 Å². The number of halogens is 1. The number of likely N-dealkylation sites (tertiary alicyclic amines) is 1. The van der Waals surface area contributed by atoms with Crippen LogP contribution in [0.5, 0.6) is 0 Å². The van der Waals surface area contributed by atoms with Crippen LogP contribution in [0.25, 0.3) is 0 Å². The summed E-state index contributed by atoms with van der Waals surface area (Å²) in [6.45, 7) is 2.02. The summed E-state index contributed by atoms with van der Waals surface area (Å²) in [6.07, 6.45) is 2.87. The number of hydrogen-bond donors (Lipinski definition) is 0. The Bertz CT molecular complexity index is 663. The molecular weight excluding hydrogens is 311 g/mol. The van der Waals surface area contributed by atoms with Crippen molar-refractivity contribution in [2.75, 3.05) is 19.7 Å². The third kappa shape index (κ3) is 2.40. The quantitative estimate of drug-likeness (QED) is 0.847. The lowest BCUT2D eigenvalue weighted by Crippen LogP contribution is -2.56. The van der Waals surface area contributed by atoms with Crippen LogP contribution in [0.3, 0.4) is 0 Å². The van der Waals surface area contributed by atoms with Gasteiger partial charge in [0.1, 0.15) is 5.82 Å². The summed E-state index contributed by atoms with van der Waals surface area (Å²) in [4.78, 5) is 28.6. The van der Waals surface area contributed by atoms with Gasteiger partial charge in [-0.25, -0.2) is 4.39 Å². The minimum Gasteiger partial charge on any atom is -0.353 e. The van der Waals surface area contributed by atoms with E-state index in [1.807, 2.05) is 9.80 Å². The van der Waals surface area contributed by atoms with E-state index in [0.717, 1.165) is 18.5 Å². The topological polar surface area (TPSA) is 49.9 Å². The van der Waals surface area contributed by atoms with E-state index < -0.39 is 5.72 Å². The Labute approximate surface area is 140 Å². The number of hydrogen-bond acceptors (Lipinski definition) is 3. The Morgan fingerprint density at radius 2 is 2.08 bits per heavy atom. The fourth-order valence-electron chi connectivity index (χ4n) is 4.29. The van der Waals surface area contributed by atoms with Crippen LogP contribution in [0, 0.1) is 5.82 Å². The maximum absolute atomic E-state index is 12.9. The van der Waals surface area contributed by atoms with Gasteiger partial charge in [-0.15, -0.1) is 0 Å². The zero-order chi connectivity index (χ0) is 16.7. The van der Waals surface area contributed by atoms with Crippen molar-refractivity contribution < 1.29 is 18.7 Å². The summed E-state index contributed by atoms with van der Waals surface area (Å²) in [7, 11) is 0. The van der Waals surface area contributed by atoms with E-state index in [-0.39, 0.29) is 23.7 Å². The maximum atomic E-state index is 12.9. The molecule has 2 amide bonds. The number of carbonyl (C=O) groups excluding carboxylic acids is 2. The zero-order valence-electron chi connectivity index (χ0n) is 13.5. The first kappa shape index (κ1) is 15.6. The molecule has 3 aliphatic heterocycles. The normalized spacial score (nSPS) is 28.9. The van der Waals surface area contributed by atoms with Crippen molar-refractivity contribution in [3.05, 3.63) is 35.6 Å². The molecule has 3 fully saturated rings. The van der Waals surface area contributed by atoms with Crippen molar-refractivity contribution in [1.29, 1.82) is 0 Å². The monoisotopic (exact) mass is 332 g/mol. The van der Waals surface area contributed by atoms with E-state index >= 15 is 0 Å². The van der Waals surface area contributed by atoms with Gasteiger partial charge in [-0.3, -0.25) is 9.59 Å². The molecule has 2 atom stereocenters. The van der Waals surface area contributed by atoms with Crippen LogP contribution in [-0.4, -0.2) is 53.1 Å². The number of carbonyl (C=O) groups is 2. The Morgan fingerprint density at radius 1 is 1.29 bits per heavy atom. The molecule has 0 aromatic heterocycles. The van der Waals surface area contributed by atoms with Gasteiger partial charge in [-0.2, -0.15) is 0 Å². The lowest BCUT2D eigenvalue weighted by molar-refractivity contribution is -0.181. The van der Waals surface area contributed by atoms with Gasteiger partial charge >= 0.3 is 0 Å². The van der Waals surface area contributed by atoms with E-state index in [1.165, 1.54) is 12.1 Å². The minimum absolute atomic E-state index is 0.0463. The van der Waals surface area contributed by atoms with E-state index in [9.17, 15) is 14.0 Å². The number of ether oxygens (including phenoxy) is 1. The van der Waals surface area contributed by atoms with E-state index in [4.69, 9.17) is 4.74 Å². The van der Waals surface area contributed by atoms with Gasteiger partial charge in [0.05, 0.1) is 19.1 Å². The smallest absolute Gasteiger partial charge is 0.227 e. The molecule has 0 unspecified atom stereocenters. The van der Waals surface area contributed by atoms with Crippen molar-refractivity contribution in [1.82, 2.24) is 9.80 Å². The SMILES string of the molecule is O=C(CCc1ccc(F)cc1)N1CC[C@@]23OCCCN2C(=O)C[C@@H]13. The highest BCUT2D eigenvalue weighted by atomic mass is 19.1. The number of aryl methyl sites for hydroxylation is 1. The van der Waals surface area contributed by atoms with Crippen molar-refractivity contribution in [2.45, 2.75) is 43.9 Å². The third-order valence-electron chi connectivity index (χ3n) is 5.47. The number of amides is 2. The standard InChI is InChI=1S/C18H21FN2O3/c19-14-5-2-13(3-6-14)4-7-16(22)20-10-8-18-15(20)12-17(23)21(18)9-1-11-24-18/h2-3,5-6,15H,1,4,7-12H2/t15-,18+/m1/s1. The molecule has 0 N–H and O–H groups in total. The Morgan fingerprint density at radius 3 is 2.88 bits per heavy atom. The molecule has 0 radical (unpaired) electrons. The number of nitrogens with zero attached hydrogens (tertiary/aromatic N) is 2. The van der Waals surface area contributed by atoms with Gasteiger partial charge in [-0.05, 0) is 30.5 Å². The Hall–Kier alpha value is -1.95.